The SMILES string of the molecule is CCOC(=O)c1ncn(Cc2ccccc2OC)c1N. The second-order valence-electron chi connectivity index (χ2n) is 4.14. The highest BCUT2D eigenvalue weighted by Crippen LogP contribution is 2.21. The van der Waals surface area contributed by atoms with Crippen LogP contribution in [0.5, 0.6) is 5.75 Å². The molecule has 1 heterocycles. The molecule has 0 fully saturated rings. The number of methoxy groups -OCH3 is 1. The molecule has 20 heavy (non-hydrogen) atoms. The number of anilines is 1. The normalized spacial score (nSPS) is 10.3. The predicted molar refractivity (Wildman–Crippen MR) is 74.7 cm³/mol. The van der Waals surface area contributed by atoms with E-state index in [0.29, 0.717) is 6.54 Å². The topological polar surface area (TPSA) is 79.4 Å². The molecule has 6 heteroatoms. The summed E-state index contributed by atoms with van der Waals surface area (Å²) in [7, 11) is 1.61. The number of aromatic nitrogens is 2. The third-order valence-corrected chi connectivity index (χ3v) is 2.88. The summed E-state index contributed by atoms with van der Waals surface area (Å²) in [4.78, 5) is 15.7. The predicted octanol–water partition coefficient (Wildman–Crippen LogP) is 1.70. The summed E-state index contributed by atoms with van der Waals surface area (Å²) in [6.07, 6.45) is 1.52. The number of esters is 1. The first-order chi connectivity index (χ1) is 9.67. The fourth-order valence-electron chi connectivity index (χ4n) is 1.89. The van der Waals surface area contributed by atoms with Crippen LogP contribution in [0.2, 0.25) is 0 Å². The summed E-state index contributed by atoms with van der Waals surface area (Å²) in [5, 5.41) is 0. The maximum Gasteiger partial charge on any atom is 0.360 e. The maximum atomic E-state index is 11.7. The maximum absolute atomic E-state index is 11.7. The molecule has 6 nitrogen and oxygen atoms in total. The molecule has 1 aromatic heterocycles. The van der Waals surface area contributed by atoms with Crippen LogP contribution in [0.3, 0.4) is 0 Å². The Morgan fingerprint density at radius 3 is 2.85 bits per heavy atom. The molecule has 106 valence electrons. The molecular formula is C14H17N3O3. The average molecular weight is 275 g/mol. The van der Waals surface area contributed by atoms with E-state index in [-0.39, 0.29) is 18.1 Å². The number of para-hydroxylation sites is 1. The number of rotatable bonds is 5. The molecule has 0 radical (unpaired) electrons. The van der Waals surface area contributed by atoms with Gasteiger partial charge >= 0.3 is 5.97 Å². The zero-order valence-corrected chi connectivity index (χ0v) is 11.5. The number of benzene rings is 1. The smallest absolute Gasteiger partial charge is 0.360 e. The Kier molecular flexibility index (Phi) is 4.24. The molecule has 0 saturated carbocycles. The van der Waals surface area contributed by atoms with Crippen molar-refractivity contribution < 1.29 is 14.3 Å². The van der Waals surface area contributed by atoms with Crippen molar-refractivity contribution in [2.75, 3.05) is 19.5 Å². The van der Waals surface area contributed by atoms with Crippen LogP contribution < -0.4 is 10.5 Å². The van der Waals surface area contributed by atoms with Crippen molar-refractivity contribution in [3.63, 3.8) is 0 Å². The zero-order valence-electron chi connectivity index (χ0n) is 11.5. The molecule has 2 rings (SSSR count). The van der Waals surface area contributed by atoms with E-state index >= 15 is 0 Å². The minimum absolute atomic E-state index is 0.141. The highest BCUT2D eigenvalue weighted by Gasteiger charge is 2.17. The second-order valence-corrected chi connectivity index (χ2v) is 4.14. The zero-order chi connectivity index (χ0) is 14.5. The lowest BCUT2D eigenvalue weighted by molar-refractivity contribution is 0.0521. The van der Waals surface area contributed by atoms with Gasteiger partial charge in [-0.05, 0) is 13.0 Å². The van der Waals surface area contributed by atoms with Crippen LogP contribution in [-0.2, 0) is 11.3 Å². The second kappa shape index (κ2) is 6.10. The molecular weight excluding hydrogens is 258 g/mol. The van der Waals surface area contributed by atoms with E-state index in [2.05, 4.69) is 4.98 Å². The van der Waals surface area contributed by atoms with Crippen LogP contribution in [0, 0.1) is 0 Å². The number of nitrogen functional groups attached to an aromatic ring is 1. The fourth-order valence-corrected chi connectivity index (χ4v) is 1.89. The first-order valence-electron chi connectivity index (χ1n) is 6.27. The van der Waals surface area contributed by atoms with Crippen molar-refractivity contribution in [3.8, 4) is 5.75 Å². The quantitative estimate of drug-likeness (QED) is 0.840. The van der Waals surface area contributed by atoms with Crippen LogP contribution in [0.1, 0.15) is 23.0 Å². The van der Waals surface area contributed by atoms with Gasteiger partial charge < -0.3 is 19.8 Å². The third-order valence-electron chi connectivity index (χ3n) is 2.88. The molecule has 0 saturated heterocycles. The van der Waals surface area contributed by atoms with E-state index in [9.17, 15) is 4.79 Å². The monoisotopic (exact) mass is 275 g/mol. The third kappa shape index (κ3) is 2.74. The lowest BCUT2D eigenvalue weighted by Crippen LogP contribution is -2.10. The molecule has 0 bridgehead atoms. The standard InChI is InChI=1S/C14H17N3O3/c1-3-20-14(18)12-13(15)17(9-16-12)8-10-6-4-5-7-11(10)19-2/h4-7,9H,3,8,15H2,1-2H3. The van der Waals surface area contributed by atoms with Crippen LogP contribution in [0.15, 0.2) is 30.6 Å². The van der Waals surface area contributed by atoms with Crippen LogP contribution >= 0.6 is 0 Å². The average Bonchev–Trinajstić information content (AvgIpc) is 2.81. The number of imidazole rings is 1. The Hall–Kier alpha value is -2.50. The highest BCUT2D eigenvalue weighted by molar-refractivity contribution is 5.92. The van der Waals surface area contributed by atoms with Crippen molar-refractivity contribution >= 4 is 11.8 Å². The molecule has 0 aliphatic heterocycles. The number of carbonyl (C=O) groups is 1. The minimum Gasteiger partial charge on any atom is -0.496 e. The largest absolute Gasteiger partial charge is 0.496 e. The summed E-state index contributed by atoms with van der Waals surface area (Å²) < 4.78 is 11.9. The Morgan fingerprint density at radius 1 is 1.40 bits per heavy atom. The van der Waals surface area contributed by atoms with E-state index in [1.807, 2.05) is 24.3 Å². The Bertz CT molecular complexity index is 607. The highest BCUT2D eigenvalue weighted by atomic mass is 16.5. The van der Waals surface area contributed by atoms with Gasteiger partial charge in [0.05, 0.1) is 26.6 Å². The molecule has 0 amide bonds. The summed E-state index contributed by atoms with van der Waals surface area (Å²) in [5.41, 5.74) is 7.03. The molecule has 0 unspecified atom stereocenters. The number of carbonyl (C=O) groups excluding carboxylic acids is 1. The number of hydrogen-bond acceptors (Lipinski definition) is 5. The van der Waals surface area contributed by atoms with Gasteiger partial charge in [0, 0.05) is 5.56 Å². The molecule has 0 atom stereocenters. The summed E-state index contributed by atoms with van der Waals surface area (Å²) in [6.45, 7) is 2.50. The Morgan fingerprint density at radius 2 is 2.15 bits per heavy atom. The van der Waals surface area contributed by atoms with Gasteiger partial charge in [0.2, 0.25) is 0 Å². The van der Waals surface area contributed by atoms with Crippen molar-refractivity contribution in [2.24, 2.45) is 0 Å². The van der Waals surface area contributed by atoms with Crippen molar-refractivity contribution in [1.82, 2.24) is 9.55 Å². The fraction of sp³-hybridized carbons (Fsp3) is 0.286. The van der Waals surface area contributed by atoms with Gasteiger partial charge in [0.1, 0.15) is 11.6 Å². The van der Waals surface area contributed by atoms with E-state index in [1.54, 1.807) is 18.6 Å². The lowest BCUT2D eigenvalue weighted by atomic mass is 10.2. The first-order valence-corrected chi connectivity index (χ1v) is 6.27. The Balaban J connectivity index is 2.24. The van der Waals surface area contributed by atoms with Crippen molar-refractivity contribution in [2.45, 2.75) is 13.5 Å². The van der Waals surface area contributed by atoms with Crippen LogP contribution in [0.4, 0.5) is 5.82 Å². The van der Waals surface area contributed by atoms with Gasteiger partial charge in [-0.15, -0.1) is 0 Å². The summed E-state index contributed by atoms with van der Waals surface area (Å²) in [6, 6.07) is 7.61. The molecule has 2 N–H and O–H groups in total. The van der Waals surface area contributed by atoms with Crippen molar-refractivity contribution in [1.29, 1.82) is 0 Å². The number of nitrogens with two attached hydrogens (primary N) is 1. The minimum atomic E-state index is -0.510. The first kappa shape index (κ1) is 13.9. The van der Waals surface area contributed by atoms with Gasteiger partial charge in [-0.25, -0.2) is 9.78 Å². The van der Waals surface area contributed by atoms with Gasteiger partial charge in [-0.2, -0.15) is 0 Å². The molecule has 0 aliphatic carbocycles. The van der Waals surface area contributed by atoms with Crippen LogP contribution in [-0.4, -0.2) is 29.2 Å². The van der Waals surface area contributed by atoms with Gasteiger partial charge in [-0.3, -0.25) is 0 Å². The van der Waals surface area contributed by atoms with Crippen LogP contribution in [0.25, 0.3) is 0 Å². The van der Waals surface area contributed by atoms with E-state index in [0.717, 1.165) is 11.3 Å². The number of nitrogens with zero attached hydrogens (tertiary/aromatic N) is 2. The lowest BCUT2D eigenvalue weighted by Gasteiger charge is -2.10. The van der Waals surface area contributed by atoms with Gasteiger partial charge in [0.25, 0.3) is 0 Å². The number of ether oxygens (including phenoxy) is 2. The van der Waals surface area contributed by atoms with Gasteiger partial charge in [-0.1, -0.05) is 18.2 Å². The molecule has 2 aromatic rings. The molecule has 0 spiro atoms. The van der Waals surface area contributed by atoms with E-state index in [4.69, 9.17) is 15.2 Å². The molecule has 1 aromatic carbocycles. The Labute approximate surface area is 117 Å². The number of hydrogen-bond donors (Lipinski definition) is 1. The van der Waals surface area contributed by atoms with Gasteiger partial charge in [0.15, 0.2) is 5.69 Å². The molecule has 0 aliphatic rings. The summed E-state index contributed by atoms with van der Waals surface area (Å²) >= 11 is 0. The van der Waals surface area contributed by atoms with E-state index in [1.165, 1.54) is 6.33 Å². The van der Waals surface area contributed by atoms with Crippen molar-refractivity contribution in [3.05, 3.63) is 41.9 Å². The van der Waals surface area contributed by atoms with E-state index < -0.39 is 5.97 Å². The summed E-state index contributed by atoms with van der Waals surface area (Å²) in [5.74, 6) is 0.538.